The summed E-state index contributed by atoms with van der Waals surface area (Å²) in [5.41, 5.74) is 0. The van der Waals surface area contributed by atoms with Gasteiger partial charge in [0.05, 0.1) is 13.2 Å². The van der Waals surface area contributed by atoms with Crippen LogP contribution in [-0.2, 0) is 4.74 Å². The molecule has 0 fully saturated rings. The normalized spacial score (nSPS) is 12.8. The summed E-state index contributed by atoms with van der Waals surface area (Å²) in [6.07, 6.45) is 6.91. The quantitative estimate of drug-likeness (QED) is 0.351. The predicted octanol–water partition coefficient (Wildman–Crippen LogP) is 3.06. The van der Waals surface area contributed by atoms with E-state index in [2.05, 4.69) is 23.9 Å². The first-order valence-electron chi connectivity index (χ1n) is 8.44. The summed E-state index contributed by atoms with van der Waals surface area (Å²) in [4.78, 5) is 12.4. The maximum absolute atomic E-state index is 9.98. The van der Waals surface area contributed by atoms with Crippen LogP contribution >= 0.6 is 0 Å². The number of hydrogen-bond acceptors (Lipinski definition) is 5. The van der Waals surface area contributed by atoms with Gasteiger partial charge >= 0.3 is 0 Å². The molecule has 0 aliphatic heterocycles. The molecular formula is C16H34N2O3. The lowest BCUT2D eigenvalue weighted by Gasteiger charge is -2.24. The summed E-state index contributed by atoms with van der Waals surface area (Å²) in [6, 6.07) is 0. The molecule has 21 heavy (non-hydrogen) atoms. The van der Waals surface area contributed by atoms with E-state index in [1.54, 1.807) is 0 Å². The van der Waals surface area contributed by atoms with Gasteiger partial charge < -0.3 is 14.7 Å². The van der Waals surface area contributed by atoms with Gasteiger partial charge in [-0.3, -0.25) is 0 Å². The molecule has 1 unspecified atom stereocenters. The SMILES string of the molecule is CCCCCN(CCOCCN=O)CCC(C)CCCO. The molecular weight excluding hydrogens is 268 g/mol. The molecule has 0 aliphatic rings. The Kier molecular flexibility index (Phi) is 15.5. The largest absolute Gasteiger partial charge is 0.396 e. The van der Waals surface area contributed by atoms with Crippen molar-refractivity contribution < 1.29 is 9.84 Å². The van der Waals surface area contributed by atoms with E-state index in [4.69, 9.17) is 9.84 Å². The highest BCUT2D eigenvalue weighted by Crippen LogP contribution is 2.11. The summed E-state index contributed by atoms with van der Waals surface area (Å²) in [5, 5.41) is 11.7. The lowest BCUT2D eigenvalue weighted by molar-refractivity contribution is 0.106. The van der Waals surface area contributed by atoms with Crippen LogP contribution in [0, 0.1) is 10.8 Å². The molecule has 5 heteroatoms. The van der Waals surface area contributed by atoms with Crippen molar-refractivity contribution in [2.75, 3.05) is 46.0 Å². The van der Waals surface area contributed by atoms with Gasteiger partial charge in [-0.25, -0.2) is 0 Å². The lowest BCUT2D eigenvalue weighted by atomic mass is 10.0. The zero-order valence-electron chi connectivity index (χ0n) is 13.9. The van der Waals surface area contributed by atoms with E-state index in [1.165, 1.54) is 25.7 Å². The van der Waals surface area contributed by atoms with Gasteiger partial charge in [0, 0.05) is 13.2 Å². The van der Waals surface area contributed by atoms with Crippen molar-refractivity contribution in [2.24, 2.45) is 11.1 Å². The average molecular weight is 302 g/mol. The number of nitrogens with zero attached hydrogens (tertiary/aromatic N) is 2. The molecule has 0 radical (unpaired) electrons. The third kappa shape index (κ3) is 14.2. The smallest absolute Gasteiger partial charge is 0.104 e. The number of aliphatic hydroxyl groups is 1. The number of ether oxygens (including phenoxy) is 1. The first-order valence-corrected chi connectivity index (χ1v) is 8.44. The minimum Gasteiger partial charge on any atom is -0.396 e. The molecule has 0 amide bonds. The molecule has 1 atom stereocenters. The molecule has 0 spiro atoms. The van der Waals surface area contributed by atoms with Crippen LogP contribution in [-0.4, -0.2) is 56.0 Å². The number of aliphatic hydroxyl groups excluding tert-OH is 1. The first-order chi connectivity index (χ1) is 10.2. The molecule has 0 saturated carbocycles. The molecule has 0 aromatic carbocycles. The summed E-state index contributed by atoms with van der Waals surface area (Å²) in [7, 11) is 0. The Morgan fingerprint density at radius 2 is 1.90 bits per heavy atom. The molecule has 0 aromatic rings. The van der Waals surface area contributed by atoms with Crippen LogP contribution < -0.4 is 0 Å². The van der Waals surface area contributed by atoms with E-state index >= 15 is 0 Å². The summed E-state index contributed by atoms with van der Waals surface area (Å²) < 4.78 is 5.41. The molecule has 0 bridgehead atoms. The van der Waals surface area contributed by atoms with Crippen molar-refractivity contribution in [1.82, 2.24) is 4.90 Å². The maximum Gasteiger partial charge on any atom is 0.104 e. The van der Waals surface area contributed by atoms with Crippen LogP contribution in [0.2, 0.25) is 0 Å². The highest BCUT2D eigenvalue weighted by atomic mass is 16.5. The minimum atomic E-state index is 0.244. The Hall–Kier alpha value is -0.520. The zero-order chi connectivity index (χ0) is 15.8. The third-order valence-corrected chi connectivity index (χ3v) is 3.75. The molecule has 0 heterocycles. The molecule has 0 aliphatic carbocycles. The van der Waals surface area contributed by atoms with Crippen LogP contribution in [0.1, 0.15) is 52.4 Å². The summed E-state index contributed by atoms with van der Waals surface area (Å²) in [5.74, 6) is 0.658. The lowest BCUT2D eigenvalue weighted by Crippen LogP contribution is -2.31. The molecule has 5 nitrogen and oxygen atoms in total. The van der Waals surface area contributed by atoms with Gasteiger partial charge in [-0.2, -0.15) is 4.91 Å². The number of unbranched alkanes of at least 4 members (excludes halogenated alkanes) is 2. The minimum absolute atomic E-state index is 0.244. The molecule has 0 saturated heterocycles. The Bertz CT molecular complexity index is 228. The van der Waals surface area contributed by atoms with Gasteiger partial charge in [-0.15, -0.1) is 0 Å². The van der Waals surface area contributed by atoms with E-state index in [0.29, 0.717) is 25.7 Å². The second-order valence-corrected chi connectivity index (χ2v) is 5.77. The van der Waals surface area contributed by atoms with E-state index in [-0.39, 0.29) is 6.54 Å². The fourth-order valence-electron chi connectivity index (χ4n) is 2.31. The number of hydrogen-bond donors (Lipinski definition) is 1. The topological polar surface area (TPSA) is 62.1 Å². The molecule has 126 valence electrons. The van der Waals surface area contributed by atoms with Gasteiger partial charge in [0.15, 0.2) is 0 Å². The highest BCUT2D eigenvalue weighted by Gasteiger charge is 2.08. The fourth-order valence-corrected chi connectivity index (χ4v) is 2.31. The second-order valence-electron chi connectivity index (χ2n) is 5.77. The summed E-state index contributed by atoms with van der Waals surface area (Å²) >= 11 is 0. The Morgan fingerprint density at radius 3 is 2.57 bits per heavy atom. The predicted molar refractivity (Wildman–Crippen MR) is 87.5 cm³/mol. The van der Waals surface area contributed by atoms with E-state index in [9.17, 15) is 4.91 Å². The fraction of sp³-hybridized carbons (Fsp3) is 1.00. The second kappa shape index (κ2) is 15.9. The van der Waals surface area contributed by atoms with E-state index in [0.717, 1.165) is 32.5 Å². The van der Waals surface area contributed by atoms with Gasteiger partial charge in [0.2, 0.25) is 0 Å². The highest BCUT2D eigenvalue weighted by molar-refractivity contribution is 4.62. The Morgan fingerprint density at radius 1 is 1.10 bits per heavy atom. The maximum atomic E-state index is 9.98. The number of rotatable bonds is 16. The third-order valence-electron chi connectivity index (χ3n) is 3.75. The van der Waals surface area contributed by atoms with Crippen molar-refractivity contribution in [3.63, 3.8) is 0 Å². The van der Waals surface area contributed by atoms with E-state index in [1.807, 2.05) is 0 Å². The van der Waals surface area contributed by atoms with Crippen molar-refractivity contribution in [1.29, 1.82) is 0 Å². The Labute approximate surface area is 130 Å². The van der Waals surface area contributed by atoms with Crippen molar-refractivity contribution >= 4 is 0 Å². The summed E-state index contributed by atoms with van der Waals surface area (Å²) in [6.45, 7) is 9.25. The monoisotopic (exact) mass is 302 g/mol. The van der Waals surface area contributed by atoms with Crippen LogP contribution in [0.3, 0.4) is 0 Å². The van der Waals surface area contributed by atoms with Crippen LogP contribution in [0.5, 0.6) is 0 Å². The van der Waals surface area contributed by atoms with Crippen molar-refractivity contribution in [2.45, 2.75) is 52.4 Å². The molecule has 0 rings (SSSR count). The molecule has 0 aromatic heterocycles. The van der Waals surface area contributed by atoms with Crippen LogP contribution in [0.4, 0.5) is 0 Å². The first kappa shape index (κ1) is 20.5. The molecule has 1 N–H and O–H groups in total. The zero-order valence-corrected chi connectivity index (χ0v) is 13.9. The van der Waals surface area contributed by atoms with E-state index < -0.39 is 0 Å². The standard InChI is InChI=1S/C16H34N2O3/c1-3-4-5-10-18(12-15-21-14-9-17-20)11-8-16(2)7-6-13-19/h16,19H,3-15H2,1-2H3. The van der Waals surface area contributed by atoms with Gasteiger partial charge in [-0.05, 0) is 44.7 Å². The van der Waals surface area contributed by atoms with Crippen molar-refractivity contribution in [3.8, 4) is 0 Å². The van der Waals surface area contributed by atoms with Crippen LogP contribution in [0.15, 0.2) is 5.18 Å². The van der Waals surface area contributed by atoms with Crippen LogP contribution in [0.25, 0.3) is 0 Å². The van der Waals surface area contributed by atoms with Gasteiger partial charge in [0.25, 0.3) is 0 Å². The van der Waals surface area contributed by atoms with Gasteiger partial charge in [-0.1, -0.05) is 31.9 Å². The average Bonchev–Trinajstić information content (AvgIpc) is 2.49. The van der Waals surface area contributed by atoms with Crippen molar-refractivity contribution in [3.05, 3.63) is 4.91 Å². The van der Waals surface area contributed by atoms with Gasteiger partial charge in [0.1, 0.15) is 6.54 Å². The number of nitroso groups, excluding NO2 is 1. The Balaban J connectivity index is 3.86.